The smallest absolute Gasteiger partial charge is 0.183 e. The second-order valence-corrected chi connectivity index (χ2v) is 6.47. The van der Waals surface area contributed by atoms with E-state index in [0.717, 1.165) is 31.2 Å². The van der Waals surface area contributed by atoms with Crippen molar-refractivity contribution in [3.05, 3.63) is 10.6 Å². The van der Waals surface area contributed by atoms with Gasteiger partial charge in [0.2, 0.25) is 0 Å². The maximum absolute atomic E-state index is 4.69. The molecule has 1 aliphatic heterocycles. The van der Waals surface area contributed by atoms with Crippen LogP contribution in [0.25, 0.3) is 0 Å². The predicted octanol–water partition coefficient (Wildman–Crippen LogP) is 2.73. The molecular weight excluding hydrogens is 218 g/mol. The van der Waals surface area contributed by atoms with E-state index in [0.29, 0.717) is 0 Å². The summed E-state index contributed by atoms with van der Waals surface area (Å²) in [5, 5.41) is 4.54. The Morgan fingerprint density at radius 3 is 2.81 bits per heavy atom. The largest absolute Gasteiger partial charge is 0.357 e. The third-order valence-electron chi connectivity index (χ3n) is 2.74. The summed E-state index contributed by atoms with van der Waals surface area (Å²) in [6, 6.07) is 0. The number of thiazole rings is 1. The number of nitrogens with zero attached hydrogens (tertiary/aromatic N) is 2. The Kier molecular flexibility index (Phi) is 3.22. The molecule has 0 atom stereocenters. The molecule has 90 valence electrons. The van der Waals surface area contributed by atoms with Crippen LogP contribution in [0.15, 0.2) is 0 Å². The van der Waals surface area contributed by atoms with Gasteiger partial charge >= 0.3 is 0 Å². The summed E-state index contributed by atoms with van der Waals surface area (Å²) < 4.78 is 0. The van der Waals surface area contributed by atoms with E-state index in [9.17, 15) is 0 Å². The number of rotatable bonds is 2. The predicted molar refractivity (Wildman–Crippen MR) is 70.1 cm³/mol. The van der Waals surface area contributed by atoms with Crippen molar-refractivity contribution in [1.82, 2.24) is 9.88 Å². The third-order valence-corrected chi connectivity index (χ3v) is 3.74. The van der Waals surface area contributed by atoms with Gasteiger partial charge in [0.15, 0.2) is 5.13 Å². The maximum atomic E-state index is 4.69. The minimum absolute atomic E-state index is 0.102. The van der Waals surface area contributed by atoms with Crippen LogP contribution in [0.3, 0.4) is 0 Å². The molecule has 0 amide bonds. The summed E-state index contributed by atoms with van der Waals surface area (Å²) in [4.78, 5) is 8.60. The lowest BCUT2D eigenvalue weighted by molar-refractivity contribution is 0.270. The molecule has 0 spiro atoms. The van der Waals surface area contributed by atoms with Gasteiger partial charge in [-0.3, -0.25) is 4.90 Å². The molecule has 1 N–H and O–H groups in total. The van der Waals surface area contributed by atoms with E-state index in [-0.39, 0.29) is 5.54 Å². The Morgan fingerprint density at radius 1 is 1.44 bits per heavy atom. The van der Waals surface area contributed by atoms with Crippen LogP contribution in [0.2, 0.25) is 0 Å². The lowest BCUT2D eigenvalue weighted by Crippen LogP contribution is -2.29. The first-order valence-corrected chi connectivity index (χ1v) is 6.78. The zero-order valence-corrected chi connectivity index (χ0v) is 11.4. The molecule has 4 heteroatoms. The highest BCUT2D eigenvalue weighted by Crippen LogP contribution is 2.29. The van der Waals surface area contributed by atoms with E-state index >= 15 is 0 Å². The molecule has 0 saturated heterocycles. The van der Waals surface area contributed by atoms with Crippen molar-refractivity contribution >= 4 is 16.5 Å². The summed E-state index contributed by atoms with van der Waals surface area (Å²) >= 11 is 1.82. The number of likely N-dealkylation sites (N-methyl/N-ethyl adjacent to an activating group) is 1. The van der Waals surface area contributed by atoms with Gasteiger partial charge in [0.25, 0.3) is 0 Å². The van der Waals surface area contributed by atoms with Gasteiger partial charge in [-0.05, 0) is 27.3 Å². The number of anilines is 1. The fraction of sp³-hybridized carbons (Fsp3) is 0.750. The molecule has 16 heavy (non-hydrogen) atoms. The summed E-state index contributed by atoms with van der Waals surface area (Å²) in [7, 11) is 0. The van der Waals surface area contributed by atoms with E-state index in [1.54, 1.807) is 0 Å². The lowest BCUT2D eigenvalue weighted by atomic mass is 10.1. The second kappa shape index (κ2) is 4.34. The van der Waals surface area contributed by atoms with Gasteiger partial charge in [-0.15, -0.1) is 11.3 Å². The van der Waals surface area contributed by atoms with Crippen LogP contribution in [0.1, 0.15) is 38.3 Å². The van der Waals surface area contributed by atoms with E-state index in [2.05, 4.69) is 42.9 Å². The van der Waals surface area contributed by atoms with Crippen molar-refractivity contribution in [3.63, 3.8) is 0 Å². The highest BCUT2D eigenvalue weighted by Gasteiger charge is 2.21. The Hall–Kier alpha value is -0.610. The SMILES string of the molecule is CCN1CCc2nc(NC(C)(C)C)sc2C1. The zero-order chi connectivity index (χ0) is 11.8. The molecule has 1 aromatic rings. The maximum Gasteiger partial charge on any atom is 0.183 e. The Bertz CT molecular complexity index is 365. The van der Waals surface area contributed by atoms with Crippen LogP contribution in [0.5, 0.6) is 0 Å². The van der Waals surface area contributed by atoms with Crippen molar-refractivity contribution in [3.8, 4) is 0 Å². The van der Waals surface area contributed by atoms with Crippen LogP contribution in [0.4, 0.5) is 5.13 Å². The molecule has 3 nitrogen and oxygen atoms in total. The molecule has 0 aliphatic carbocycles. The first-order chi connectivity index (χ1) is 7.48. The van der Waals surface area contributed by atoms with E-state index in [4.69, 9.17) is 0 Å². The lowest BCUT2D eigenvalue weighted by Gasteiger charge is -2.23. The van der Waals surface area contributed by atoms with Crippen molar-refractivity contribution < 1.29 is 0 Å². The molecule has 0 saturated carbocycles. The minimum atomic E-state index is 0.102. The number of hydrogen-bond donors (Lipinski definition) is 1. The van der Waals surface area contributed by atoms with Gasteiger partial charge in [-0.25, -0.2) is 4.98 Å². The topological polar surface area (TPSA) is 28.2 Å². The Labute approximate surface area is 102 Å². The van der Waals surface area contributed by atoms with Gasteiger partial charge in [-0.2, -0.15) is 0 Å². The molecule has 2 rings (SSSR count). The van der Waals surface area contributed by atoms with Crippen LogP contribution in [0, 0.1) is 0 Å². The number of hydrogen-bond acceptors (Lipinski definition) is 4. The number of fused-ring (bicyclic) bond motifs is 1. The minimum Gasteiger partial charge on any atom is -0.357 e. The Balaban J connectivity index is 2.12. The third kappa shape index (κ3) is 2.74. The molecule has 0 radical (unpaired) electrons. The molecule has 0 aromatic carbocycles. The highest BCUT2D eigenvalue weighted by molar-refractivity contribution is 7.15. The van der Waals surface area contributed by atoms with Crippen LogP contribution in [-0.4, -0.2) is 28.5 Å². The summed E-state index contributed by atoms with van der Waals surface area (Å²) in [6.07, 6.45) is 1.10. The van der Waals surface area contributed by atoms with Crippen molar-refractivity contribution in [2.75, 3.05) is 18.4 Å². The van der Waals surface area contributed by atoms with Crippen LogP contribution < -0.4 is 5.32 Å². The van der Waals surface area contributed by atoms with E-state index in [1.807, 2.05) is 11.3 Å². The van der Waals surface area contributed by atoms with E-state index in [1.165, 1.54) is 10.6 Å². The number of aromatic nitrogens is 1. The molecule has 1 aromatic heterocycles. The fourth-order valence-corrected chi connectivity index (χ4v) is 3.15. The molecule has 2 heterocycles. The van der Waals surface area contributed by atoms with Crippen molar-refractivity contribution in [2.24, 2.45) is 0 Å². The van der Waals surface area contributed by atoms with Crippen molar-refractivity contribution in [1.29, 1.82) is 0 Å². The average molecular weight is 239 g/mol. The second-order valence-electron chi connectivity index (χ2n) is 5.38. The fourth-order valence-electron chi connectivity index (χ4n) is 1.89. The van der Waals surface area contributed by atoms with Crippen LogP contribution in [-0.2, 0) is 13.0 Å². The molecular formula is C12H21N3S. The summed E-state index contributed by atoms with van der Waals surface area (Å²) in [5.41, 5.74) is 1.41. The van der Waals surface area contributed by atoms with Gasteiger partial charge in [-0.1, -0.05) is 6.92 Å². The number of nitrogens with one attached hydrogen (secondary N) is 1. The van der Waals surface area contributed by atoms with Gasteiger partial charge < -0.3 is 5.32 Å². The first kappa shape index (κ1) is 11.9. The zero-order valence-electron chi connectivity index (χ0n) is 10.6. The van der Waals surface area contributed by atoms with Gasteiger partial charge in [0, 0.05) is 29.9 Å². The summed E-state index contributed by atoms with van der Waals surface area (Å²) in [5.74, 6) is 0. The average Bonchev–Trinajstić information content (AvgIpc) is 2.55. The first-order valence-electron chi connectivity index (χ1n) is 5.97. The van der Waals surface area contributed by atoms with Crippen molar-refractivity contribution in [2.45, 2.75) is 46.2 Å². The molecule has 0 unspecified atom stereocenters. The molecule has 1 aliphatic rings. The highest BCUT2D eigenvalue weighted by atomic mass is 32.1. The quantitative estimate of drug-likeness (QED) is 0.860. The molecule has 0 bridgehead atoms. The van der Waals surface area contributed by atoms with Gasteiger partial charge in [0.05, 0.1) is 5.69 Å². The monoisotopic (exact) mass is 239 g/mol. The molecule has 0 fully saturated rings. The van der Waals surface area contributed by atoms with Crippen LogP contribution >= 0.6 is 11.3 Å². The normalized spacial score (nSPS) is 17.2. The van der Waals surface area contributed by atoms with Gasteiger partial charge in [0.1, 0.15) is 0 Å². The standard InChI is InChI=1S/C12H21N3S/c1-5-15-7-6-9-10(8-15)16-11(13-9)14-12(2,3)4/h5-8H2,1-4H3,(H,13,14). The Morgan fingerprint density at radius 2 is 2.19 bits per heavy atom. The van der Waals surface area contributed by atoms with E-state index < -0.39 is 0 Å². The summed E-state index contributed by atoms with van der Waals surface area (Å²) in [6.45, 7) is 12.1.